The number of aryl methyl sites for hydroxylation is 1. The number of ether oxygens (including phenoxy) is 1. The second-order valence-electron chi connectivity index (χ2n) is 5.31. The van der Waals surface area contributed by atoms with Gasteiger partial charge in [-0.1, -0.05) is 17.7 Å². The van der Waals surface area contributed by atoms with Gasteiger partial charge in [-0.25, -0.2) is 18.4 Å². The predicted molar refractivity (Wildman–Crippen MR) is 93.5 cm³/mol. The molecule has 0 saturated carbocycles. The SMILES string of the molecule is COC(=O)CNS(=O)(=O)c1ccc(CC(=O)c2cc(Cl)ncn2)c(C)c1. The summed E-state index contributed by atoms with van der Waals surface area (Å²) in [4.78, 5) is 30.9. The van der Waals surface area contributed by atoms with Crippen molar-refractivity contribution in [2.45, 2.75) is 18.2 Å². The average Bonchev–Trinajstić information content (AvgIpc) is 2.61. The van der Waals surface area contributed by atoms with Crippen molar-refractivity contribution in [2.24, 2.45) is 0 Å². The summed E-state index contributed by atoms with van der Waals surface area (Å²) in [5, 5.41) is 0.165. The van der Waals surface area contributed by atoms with Crippen LogP contribution in [0.4, 0.5) is 0 Å². The van der Waals surface area contributed by atoms with E-state index in [1.54, 1.807) is 13.0 Å². The van der Waals surface area contributed by atoms with Crippen molar-refractivity contribution in [3.8, 4) is 0 Å². The van der Waals surface area contributed by atoms with Crippen molar-refractivity contribution < 1.29 is 22.7 Å². The first kappa shape index (κ1) is 20.0. The van der Waals surface area contributed by atoms with Crippen LogP contribution in [0.1, 0.15) is 21.6 Å². The van der Waals surface area contributed by atoms with Gasteiger partial charge in [-0.3, -0.25) is 9.59 Å². The largest absolute Gasteiger partial charge is 0.468 e. The number of esters is 1. The van der Waals surface area contributed by atoms with Gasteiger partial charge in [-0.05, 0) is 30.2 Å². The summed E-state index contributed by atoms with van der Waals surface area (Å²) < 4.78 is 30.9. The highest BCUT2D eigenvalue weighted by Gasteiger charge is 2.18. The number of nitrogens with zero attached hydrogens (tertiary/aromatic N) is 2. The maximum Gasteiger partial charge on any atom is 0.320 e. The van der Waals surface area contributed by atoms with Gasteiger partial charge in [0.05, 0.1) is 12.0 Å². The summed E-state index contributed by atoms with van der Waals surface area (Å²) in [7, 11) is -2.70. The molecule has 0 saturated heterocycles. The quantitative estimate of drug-likeness (QED) is 0.425. The molecule has 0 bridgehead atoms. The van der Waals surface area contributed by atoms with E-state index in [0.717, 1.165) is 7.11 Å². The van der Waals surface area contributed by atoms with Crippen LogP contribution in [0.15, 0.2) is 35.5 Å². The standard InChI is InChI=1S/C16H16ClN3O5S/c1-10-5-12(26(23,24)20-8-16(22)25-2)4-3-11(10)6-14(21)13-7-15(17)19-9-18-13/h3-5,7,9,20H,6,8H2,1-2H3. The molecule has 26 heavy (non-hydrogen) atoms. The number of rotatable bonds is 7. The van der Waals surface area contributed by atoms with Crippen LogP contribution in [0.25, 0.3) is 0 Å². The summed E-state index contributed by atoms with van der Waals surface area (Å²) in [5.74, 6) is -0.965. The number of nitrogens with one attached hydrogen (secondary N) is 1. The smallest absolute Gasteiger partial charge is 0.320 e. The third-order valence-corrected chi connectivity index (χ3v) is 5.13. The molecule has 1 aromatic heterocycles. The van der Waals surface area contributed by atoms with Gasteiger partial charge in [0.25, 0.3) is 0 Å². The maximum absolute atomic E-state index is 12.3. The monoisotopic (exact) mass is 397 g/mol. The number of sulfonamides is 1. The molecule has 8 nitrogen and oxygen atoms in total. The summed E-state index contributed by atoms with van der Waals surface area (Å²) in [6.45, 7) is 1.22. The Bertz CT molecular complexity index is 947. The molecule has 2 rings (SSSR count). The summed E-state index contributed by atoms with van der Waals surface area (Å²) in [6, 6.07) is 5.70. The van der Waals surface area contributed by atoms with E-state index in [-0.39, 0.29) is 27.9 Å². The molecule has 0 radical (unpaired) electrons. The number of carbonyl (C=O) groups is 2. The van der Waals surface area contributed by atoms with Crippen LogP contribution in [0.5, 0.6) is 0 Å². The predicted octanol–water partition coefficient (Wildman–Crippen LogP) is 1.32. The topological polar surface area (TPSA) is 115 Å². The number of methoxy groups -OCH3 is 1. The fourth-order valence-electron chi connectivity index (χ4n) is 2.09. The van der Waals surface area contributed by atoms with E-state index >= 15 is 0 Å². The van der Waals surface area contributed by atoms with E-state index in [9.17, 15) is 18.0 Å². The third-order valence-electron chi connectivity index (χ3n) is 3.53. The molecule has 0 fully saturated rings. The Hall–Kier alpha value is -2.36. The molecule has 1 N–H and O–H groups in total. The van der Waals surface area contributed by atoms with Crippen molar-refractivity contribution in [1.82, 2.24) is 14.7 Å². The van der Waals surface area contributed by atoms with Crippen LogP contribution < -0.4 is 4.72 Å². The highest BCUT2D eigenvalue weighted by Crippen LogP contribution is 2.17. The highest BCUT2D eigenvalue weighted by molar-refractivity contribution is 7.89. The zero-order valence-corrected chi connectivity index (χ0v) is 15.6. The first-order valence-corrected chi connectivity index (χ1v) is 9.26. The molecule has 0 amide bonds. The van der Waals surface area contributed by atoms with Gasteiger partial charge in [-0.2, -0.15) is 4.72 Å². The van der Waals surface area contributed by atoms with E-state index in [1.165, 1.54) is 24.5 Å². The number of Topliss-reactive ketones (excluding diaryl/α,β-unsaturated/α-hetero) is 1. The Morgan fingerprint density at radius 1 is 1.23 bits per heavy atom. The lowest BCUT2D eigenvalue weighted by Crippen LogP contribution is -2.30. The van der Waals surface area contributed by atoms with E-state index in [4.69, 9.17) is 11.6 Å². The van der Waals surface area contributed by atoms with Crippen molar-refractivity contribution >= 4 is 33.4 Å². The summed E-state index contributed by atoms with van der Waals surface area (Å²) in [5.41, 5.74) is 1.44. The molecule has 0 aliphatic heterocycles. The molecule has 1 heterocycles. The normalized spacial score (nSPS) is 11.2. The second-order valence-corrected chi connectivity index (χ2v) is 7.47. The minimum absolute atomic E-state index is 0.0137. The van der Waals surface area contributed by atoms with Gasteiger partial charge in [0.2, 0.25) is 10.0 Å². The maximum atomic E-state index is 12.3. The zero-order chi connectivity index (χ0) is 19.3. The molecule has 2 aromatic rings. The Morgan fingerprint density at radius 3 is 2.58 bits per heavy atom. The highest BCUT2D eigenvalue weighted by atomic mass is 35.5. The molecule has 138 valence electrons. The Labute approximate surface area is 155 Å². The van der Waals surface area contributed by atoms with E-state index in [0.29, 0.717) is 11.1 Å². The third kappa shape index (κ3) is 5.07. The second kappa shape index (κ2) is 8.35. The van der Waals surface area contributed by atoms with Gasteiger partial charge >= 0.3 is 5.97 Å². The number of benzene rings is 1. The molecule has 0 spiro atoms. The minimum Gasteiger partial charge on any atom is -0.468 e. The summed E-state index contributed by atoms with van der Waals surface area (Å²) in [6.07, 6.45) is 1.24. The summed E-state index contributed by atoms with van der Waals surface area (Å²) >= 11 is 5.75. The van der Waals surface area contributed by atoms with Gasteiger partial charge in [-0.15, -0.1) is 0 Å². The number of aromatic nitrogens is 2. The molecule has 10 heteroatoms. The van der Waals surface area contributed by atoms with Gasteiger partial charge in [0, 0.05) is 12.5 Å². The average molecular weight is 398 g/mol. The fraction of sp³-hybridized carbons (Fsp3) is 0.250. The Morgan fingerprint density at radius 2 is 1.96 bits per heavy atom. The fourth-order valence-corrected chi connectivity index (χ4v) is 3.29. The van der Waals surface area contributed by atoms with Crippen LogP contribution in [0.2, 0.25) is 5.15 Å². The van der Waals surface area contributed by atoms with E-state index in [2.05, 4.69) is 19.4 Å². The van der Waals surface area contributed by atoms with Crippen LogP contribution in [0.3, 0.4) is 0 Å². The number of carbonyl (C=O) groups excluding carboxylic acids is 2. The van der Waals surface area contributed by atoms with Crippen molar-refractivity contribution in [3.63, 3.8) is 0 Å². The van der Waals surface area contributed by atoms with Crippen molar-refractivity contribution in [3.05, 3.63) is 52.6 Å². The first-order valence-electron chi connectivity index (χ1n) is 7.39. The molecule has 0 aliphatic rings. The first-order chi connectivity index (χ1) is 12.2. The number of ketones is 1. The van der Waals surface area contributed by atoms with Crippen LogP contribution in [-0.2, 0) is 26.0 Å². The Kier molecular flexibility index (Phi) is 6.41. The van der Waals surface area contributed by atoms with Gasteiger partial charge in [0.15, 0.2) is 5.78 Å². The zero-order valence-electron chi connectivity index (χ0n) is 14.0. The number of halogens is 1. The number of hydrogen-bond acceptors (Lipinski definition) is 7. The van der Waals surface area contributed by atoms with Gasteiger partial charge in [0.1, 0.15) is 23.7 Å². The van der Waals surface area contributed by atoms with E-state index < -0.39 is 22.5 Å². The lowest BCUT2D eigenvalue weighted by molar-refractivity contribution is -0.139. The molecule has 0 unspecified atom stereocenters. The number of hydrogen-bond donors (Lipinski definition) is 1. The lowest BCUT2D eigenvalue weighted by atomic mass is 10.0. The molecule has 0 aliphatic carbocycles. The van der Waals surface area contributed by atoms with Crippen molar-refractivity contribution in [2.75, 3.05) is 13.7 Å². The molecular weight excluding hydrogens is 382 g/mol. The molecule has 0 atom stereocenters. The Balaban J connectivity index is 2.16. The van der Waals surface area contributed by atoms with Crippen LogP contribution in [-0.4, -0.2) is 43.8 Å². The van der Waals surface area contributed by atoms with Crippen LogP contribution >= 0.6 is 11.6 Å². The lowest BCUT2D eigenvalue weighted by Gasteiger charge is -2.10. The van der Waals surface area contributed by atoms with Crippen molar-refractivity contribution in [1.29, 1.82) is 0 Å². The van der Waals surface area contributed by atoms with Crippen LogP contribution in [0, 0.1) is 6.92 Å². The molecule has 1 aromatic carbocycles. The minimum atomic E-state index is -3.86. The van der Waals surface area contributed by atoms with Gasteiger partial charge < -0.3 is 4.74 Å². The molecular formula is C16H16ClN3O5S. The van der Waals surface area contributed by atoms with E-state index in [1.807, 2.05) is 0 Å².